The molecule has 0 spiro atoms. The highest BCUT2D eigenvalue weighted by atomic mass is 19.1. The number of imidazole rings is 1. The number of fused-ring (bicyclic) bond motifs is 1. The van der Waals surface area contributed by atoms with Gasteiger partial charge in [0.1, 0.15) is 18.2 Å². The second kappa shape index (κ2) is 8.82. The van der Waals surface area contributed by atoms with Crippen molar-refractivity contribution in [2.45, 2.75) is 20.0 Å². The smallest absolute Gasteiger partial charge is 0.180 e. The number of pyridine rings is 2. The highest BCUT2D eigenvalue weighted by Crippen LogP contribution is 2.29. The van der Waals surface area contributed by atoms with Crippen molar-refractivity contribution in [3.63, 3.8) is 0 Å². The fourth-order valence-corrected chi connectivity index (χ4v) is 3.91. The summed E-state index contributed by atoms with van der Waals surface area (Å²) in [5, 5.41) is 0. The summed E-state index contributed by atoms with van der Waals surface area (Å²) in [4.78, 5) is 9.30. The summed E-state index contributed by atoms with van der Waals surface area (Å²) in [7, 11) is 0. The molecular weight excluding hydrogens is 420 g/mol. The number of hydrogen-bond donors (Lipinski definition) is 0. The van der Waals surface area contributed by atoms with Gasteiger partial charge in [-0.05, 0) is 48.9 Å². The van der Waals surface area contributed by atoms with Gasteiger partial charge >= 0.3 is 0 Å². The van der Waals surface area contributed by atoms with Gasteiger partial charge in [-0.1, -0.05) is 36.4 Å². The SMILES string of the molecule is Cc1nc2c(OCc3c(F)cccc3F)cccn2c1-c1ccc(Cc2ccccc2)nc1. The van der Waals surface area contributed by atoms with E-state index in [0.29, 0.717) is 11.4 Å². The molecule has 0 radical (unpaired) electrons. The molecule has 5 rings (SSSR count). The molecule has 0 aliphatic heterocycles. The van der Waals surface area contributed by atoms with Crippen LogP contribution >= 0.6 is 0 Å². The van der Waals surface area contributed by atoms with Crippen LogP contribution in [0.3, 0.4) is 0 Å². The highest BCUT2D eigenvalue weighted by molar-refractivity contribution is 5.69. The largest absolute Gasteiger partial charge is 0.485 e. The Morgan fingerprint density at radius 1 is 0.879 bits per heavy atom. The maximum atomic E-state index is 14.0. The first kappa shape index (κ1) is 20.8. The van der Waals surface area contributed by atoms with Gasteiger partial charge in [0.2, 0.25) is 0 Å². The molecule has 5 aromatic rings. The van der Waals surface area contributed by atoms with Crippen molar-refractivity contribution in [1.29, 1.82) is 0 Å². The van der Waals surface area contributed by atoms with Crippen molar-refractivity contribution in [1.82, 2.24) is 14.4 Å². The summed E-state index contributed by atoms with van der Waals surface area (Å²) < 4.78 is 35.6. The molecular formula is C27H21F2N3O. The molecule has 6 heteroatoms. The first-order valence-electron chi connectivity index (χ1n) is 10.6. The van der Waals surface area contributed by atoms with Gasteiger partial charge in [-0.3, -0.25) is 9.38 Å². The predicted molar refractivity (Wildman–Crippen MR) is 123 cm³/mol. The van der Waals surface area contributed by atoms with E-state index in [4.69, 9.17) is 4.74 Å². The van der Waals surface area contributed by atoms with E-state index in [1.54, 1.807) is 6.07 Å². The quantitative estimate of drug-likeness (QED) is 0.317. The topological polar surface area (TPSA) is 39.4 Å². The van der Waals surface area contributed by atoms with Crippen molar-refractivity contribution >= 4 is 5.65 Å². The zero-order valence-corrected chi connectivity index (χ0v) is 18.0. The fraction of sp³-hybridized carbons (Fsp3) is 0.111. The second-order valence-corrected chi connectivity index (χ2v) is 7.80. The summed E-state index contributed by atoms with van der Waals surface area (Å²) >= 11 is 0. The van der Waals surface area contributed by atoms with E-state index >= 15 is 0 Å². The lowest BCUT2D eigenvalue weighted by molar-refractivity contribution is 0.294. The number of ether oxygens (including phenoxy) is 1. The van der Waals surface area contributed by atoms with E-state index in [1.165, 1.54) is 23.8 Å². The molecule has 4 nitrogen and oxygen atoms in total. The van der Waals surface area contributed by atoms with E-state index in [1.807, 2.05) is 60.1 Å². The normalized spacial score (nSPS) is 11.1. The zero-order chi connectivity index (χ0) is 22.8. The molecule has 0 atom stereocenters. The molecule has 0 unspecified atom stereocenters. The van der Waals surface area contributed by atoms with Crippen LogP contribution in [-0.4, -0.2) is 14.4 Å². The summed E-state index contributed by atoms with van der Waals surface area (Å²) in [5.74, 6) is -0.823. The van der Waals surface area contributed by atoms with Crippen molar-refractivity contribution in [2.24, 2.45) is 0 Å². The van der Waals surface area contributed by atoms with Crippen LogP contribution in [-0.2, 0) is 13.0 Å². The average Bonchev–Trinajstić information content (AvgIpc) is 3.16. The molecule has 33 heavy (non-hydrogen) atoms. The third-order valence-corrected chi connectivity index (χ3v) is 5.55. The number of aromatic nitrogens is 3. The summed E-state index contributed by atoms with van der Waals surface area (Å²) in [6.45, 7) is 1.69. The van der Waals surface area contributed by atoms with Gasteiger partial charge in [0.05, 0.1) is 17.0 Å². The van der Waals surface area contributed by atoms with E-state index in [0.717, 1.165) is 29.1 Å². The molecule has 0 saturated carbocycles. The molecule has 164 valence electrons. The minimum absolute atomic E-state index is 0.110. The van der Waals surface area contributed by atoms with E-state index in [2.05, 4.69) is 22.1 Å². The van der Waals surface area contributed by atoms with Gasteiger partial charge in [0.25, 0.3) is 0 Å². The Labute approximate surface area is 190 Å². The van der Waals surface area contributed by atoms with Gasteiger partial charge in [0, 0.05) is 30.1 Å². The Balaban J connectivity index is 1.43. The lowest BCUT2D eigenvalue weighted by Crippen LogP contribution is -2.03. The molecule has 3 heterocycles. The van der Waals surface area contributed by atoms with Gasteiger partial charge in [-0.2, -0.15) is 0 Å². The van der Waals surface area contributed by atoms with Crippen LogP contribution < -0.4 is 4.74 Å². The van der Waals surface area contributed by atoms with Crippen molar-refractivity contribution in [3.05, 3.63) is 119 Å². The zero-order valence-electron chi connectivity index (χ0n) is 18.0. The average molecular weight is 441 g/mol. The first-order chi connectivity index (χ1) is 16.1. The Morgan fingerprint density at radius 2 is 1.67 bits per heavy atom. The summed E-state index contributed by atoms with van der Waals surface area (Å²) in [6.07, 6.45) is 4.49. The number of aryl methyl sites for hydroxylation is 1. The minimum atomic E-state index is -0.635. The lowest BCUT2D eigenvalue weighted by atomic mass is 10.1. The Bertz CT molecular complexity index is 1390. The number of rotatable bonds is 6. The van der Waals surface area contributed by atoms with Crippen LogP contribution in [0.1, 0.15) is 22.5 Å². The second-order valence-electron chi connectivity index (χ2n) is 7.80. The van der Waals surface area contributed by atoms with E-state index in [-0.39, 0.29) is 12.2 Å². The van der Waals surface area contributed by atoms with E-state index < -0.39 is 11.6 Å². The third kappa shape index (κ3) is 4.20. The maximum Gasteiger partial charge on any atom is 0.180 e. The summed E-state index contributed by atoms with van der Waals surface area (Å²) in [6, 6.07) is 21.6. The van der Waals surface area contributed by atoms with Gasteiger partial charge < -0.3 is 4.74 Å². The lowest BCUT2D eigenvalue weighted by Gasteiger charge is -2.10. The molecule has 3 aromatic heterocycles. The molecule has 0 saturated heterocycles. The highest BCUT2D eigenvalue weighted by Gasteiger charge is 2.16. The van der Waals surface area contributed by atoms with Crippen LogP contribution in [0.4, 0.5) is 8.78 Å². The Morgan fingerprint density at radius 3 is 2.39 bits per heavy atom. The predicted octanol–water partition coefficient (Wildman–Crippen LogP) is 6.15. The monoisotopic (exact) mass is 441 g/mol. The molecule has 0 bridgehead atoms. The standard InChI is InChI=1S/C27H21F2N3O/c1-18-26(20-12-13-21(30-16-20)15-19-7-3-2-4-8-19)32-14-6-11-25(27(32)31-18)33-17-22-23(28)9-5-10-24(22)29/h2-14,16H,15,17H2,1H3. The Kier molecular flexibility index (Phi) is 5.57. The van der Waals surface area contributed by atoms with Crippen molar-refractivity contribution in [2.75, 3.05) is 0 Å². The fourth-order valence-electron chi connectivity index (χ4n) is 3.91. The summed E-state index contributed by atoms with van der Waals surface area (Å²) in [5.41, 5.74) is 5.28. The minimum Gasteiger partial charge on any atom is -0.485 e. The number of hydrogen-bond acceptors (Lipinski definition) is 3. The van der Waals surface area contributed by atoms with Gasteiger partial charge in [-0.15, -0.1) is 0 Å². The van der Waals surface area contributed by atoms with Crippen LogP contribution in [0.5, 0.6) is 5.75 Å². The van der Waals surface area contributed by atoms with E-state index in [9.17, 15) is 8.78 Å². The van der Waals surface area contributed by atoms with Crippen molar-refractivity contribution in [3.8, 4) is 17.0 Å². The maximum absolute atomic E-state index is 14.0. The van der Waals surface area contributed by atoms with Gasteiger partial charge in [-0.25, -0.2) is 13.8 Å². The molecule has 0 fully saturated rings. The molecule has 0 N–H and O–H groups in total. The molecule has 0 amide bonds. The van der Waals surface area contributed by atoms with Crippen LogP contribution in [0.25, 0.3) is 16.9 Å². The molecule has 2 aromatic carbocycles. The Hall–Kier alpha value is -4.06. The number of benzene rings is 2. The van der Waals surface area contributed by atoms with Crippen LogP contribution in [0.15, 0.2) is 85.2 Å². The first-order valence-corrected chi connectivity index (χ1v) is 10.6. The molecule has 0 aliphatic rings. The van der Waals surface area contributed by atoms with Gasteiger partial charge in [0.15, 0.2) is 11.4 Å². The van der Waals surface area contributed by atoms with Crippen LogP contribution in [0.2, 0.25) is 0 Å². The third-order valence-electron chi connectivity index (χ3n) is 5.55. The number of nitrogens with zero attached hydrogens (tertiary/aromatic N) is 3. The number of halogens is 2. The van der Waals surface area contributed by atoms with Crippen LogP contribution in [0, 0.1) is 18.6 Å². The molecule has 0 aliphatic carbocycles. The van der Waals surface area contributed by atoms with Crippen molar-refractivity contribution < 1.29 is 13.5 Å².